The Balaban J connectivity index is 1.89. The third-order valence-electron chi connectivity index (χ3n) is 6.05. The Labute approximate surface area is 233 Å². The third-order valence-corrected chi connectivity index (χ3v) is 6.58. The lowest BCUT2D eigenvalue weighted by Gasteiger charge is -2.31. The predicted molar refractivity (Wildman–Crippen MR) is 152 cm³/mol. The van der Waals surface area contributed by atoms with Crippen LogP contribution in [0.4, 0.5) is 0 Å². The van der Waals surface area contributed by atoms with Crippen LogP contribution in [-0.4, -0.2) is 50.1 Å². The first-order valence-corrected chi connectivity index (χ1v) is 13.4. The van der Waals surface area contributed by atoms with E-state index in [1.807, 2.05) is 54.6 Å². The zero-order valence-electron chi connectivity index (χ0n) is 22.1. The summed E-state index contributed by atoms with van der Waals surface area (Å²) in [7, 11) is 3.10. The number of halogens is 1. The van der Waals surface area contributed by atoms with Crippen molar-refractivity contribution in [2.24, 2.45) is 0 Å². The molecule has 7 nitrogen and oxygen atoms in total. The van der Waals surface area contributed by atoms with Crippen molar-refractivity contribution in [1.82, 2.24) is 10.2 Å². The molecule has 0 aliphatic heterocycles. The average Bonchev–Trinajstić information content (AvgIpc) is 2.95. The van der Waals surface area contributed by atoms with Gasteiger partial charge < -0.3 is 24.4 Å². The molecule has 0 saturated heterocycles. The van der Waals surface area contributed by atoms with E-state index in [1.165, 1.54) is 0 Å². The zero-order chi connectivity index (χ0) is 27.3. The summed E-state index contributed by atoms with van der Waals surface area (Å²) in [5, 5.41) is 3.02. The maximum atomic E-state index is 13.7. The van der Waals surface area contributed by atoms with Gasteiger partial charge in [0.05, 0.1) is 14.2 Å². The Bertz CT molecular complexity index is 1150. The van der Waals surface area contributed by atoms with Gasteiger partial charge in [0, 0.05) is 42.2 Å². The van der Waals surface area contributed by atoms with E-state index in [2.05, 4.69) is 28.2 Å². The van der Waals surface area contributed by atoms with Gasteiger partial charge in [0.2, 0.25) is 5.91 Å². The molecule has 0 aromatic heterocycles. The lowest BCUT2D eigenvalue weighted by atomic mass is 10.0. The van der Waals surface area contributed by atoms with Gasteiger partial charge in [0.25, 0.3) is 5.91 Å². The molecule has 0 unspecified atom stereocenters. The predicted octanol–water partition coefficient (Wildman–Crippen LogP) is 5.40. The van der Waals surface area contributed by atoms with E-state index >= 15 is 0 Å². The lowest BCUT2D eigenvalue weighted by molar-refractivity contribution is -0.142. The molecular formula is C30H35BrN2O5. The van der Waals surface area contributed by atoms with E-state index in [4.69, 9.17) is 14.2 Å². The second kappa shape index (κ2) is 15.0. The van der Waals surface area contributed by atoms with Crippen molar-refractivity contribution in [3.05, 3.63) is 88.4 Å². The summed E-state index contributed by atoms with van der Waals surface area (Å²) in [4.78, 5) is 28.8. The van der Waals surface area contributed by atoms with Crippen molar-refractivity contribution in [3.8, 4) is 17.2 Å². The minimum atomic E-state index is -0.714. The number of amides is 2. The van der Waals surface area contributed by atoms with Crippen LogP contribution in [0.3, 0.4) is 0 Å². The van der Waals surface area contributed by atoms with Gasteiger partial charge in [-0.05, 0) is 29.7 Å². The number of benzene rings is 3. The van der Waals surface area contributed by atoms with Gasteiger partial charge in [-0.3, -0.25) is 9.59 Å². The van der Waals surface area contributed by atoms with Gasteiger partial charge in [0.1, 0.15) is 23.3 Å². The van der Waals surface area contributed by atoms with Crippen LogP contribution in [-0.2, 0) is 22.6 Å². The molecule has 3 aromatic carbocycles. The van der Waals surface area contributed by atoms with Crippen LogP contribution in [0.5, 0.6) is 17.2 Å². The van der Waals surface area contributed by atoms with Crippen LogP contribution in [0.25, 0.3) is 0 Å². The van der Waals surface area contributed by atoms with Crippen LogP contribution in [0, 0.1) is 0 Å². The maximum absolute atomic E-state index is 13.7. The molecule has 3 rings (SSSR count). The fraction of sp³-hybridized carbons (Fsp3) is 0.333. The fourth-order valence-corrected chi connectivity index (χ4v) is 4.20. The van der Waals surface area contributed by atoms with Crippen LogP contribution in [0.1, 0.15) is 30.9 Å². The molecule has 0 fully saturated rings. The van der Waals surface area contributed by atoms with E-state index in [0.29, 0.717) is 30.2 Å². The Morgan fingerprint density at radius 2 is 1.53 bits per heavy atom. The Kier molecular flexibility index (Phi) is 11.5. The number of ether oxygens (including phenoxy) is 3. The smallest absolute Gasteiger partial charge is 0.261 e. The van der Waals surface area contributed by atoms with Crippen molar-refractivity contribution in [2.45, 2.75) is 38.8 Å². The molecule has 1 N–H and O–H groups in total. The summed E-state index contributed by atoms with van der Waals surface area (Å²) in [6, 6.07) is 21.8. The third kappa shape index (κ3) is 8.80. The van der Waals surface area contributed by atoms with Gasteiger partial charge in [-0.15, -0.1) is 0 Å². The van der Waals surface area contributed by atoms with Gasteiger partial charge >= 0.3 is 0 Å². The first-order valence-electron chi connectivity index (χ1n) is 12.6. The highest BCUT2D eigenvalue weighted by Crippen LogP contribution is 2.27. The molecule has 38 heavy (non-hydrogen) atoms. The Morgan fingerprint density at radius 3 is 2.13 bits per heavy atom. The van der Waals surface area contributed by atoms with Crippen molar-refractivity contribution in [2.75, 3.05) is 27.4 Å². The normalized spacial score (nSPS) is 11.4. The minimum Gasteiger partial charge on any atom is -0.496 e. The molecular weight excluding hydrogens is 548 g/mol. The summed E-state index contributed by atoms with van der Waals surface area (Å²) in [5.41, 5.74) is 1.87. The fourth-order valence-electron chi connectivity index (χ4n) is 3.94. The molecule has 0 bridgehead atoms. The quantitative estimate of drug-likeness (QED) is 0.257. The van der Waals surface area contributed by atoms with Crippen molar-refractivity contribution < 1.29 is 23.8 Å². The number of methoxy groups -OCH3 is 2. The monoisotopic (exact) mass is 582 g/mol. The number of rotatable bonds is 14. The molecule has 2 amide bonds. The SMILES string of the molecule is CCCCNC(=O)[C@H](Cc1ccccc1)N(Cc1ccc(Br)cc1)C(=O)COc1cc(OC)cc(OC)c1. The van der Waals surface area contributed by atoms with Crippen LogP contribution >= 0.6 is 15.9 Å². The highest BCUT2D eigenvalue weighted by Gasteiger charge is 2.30. The standard InChI is InChI=1S/C30H35BrN2O5/c1-4-5-15-32-30(35)28(16-22-9-7-6-8-10-22)33(20-23-11-13-24(31)14-12-23)29(34)21-38-27-18-25(36-2)17-26(19-27)37-3/h6-14,17-19,28H,4-5,15-16,20-21H2,1-3H3,(H,32,35)/t28-/m0/s1. The molecule has 0 aliphatic carbocycles. The molecule has 202 valence electrons. The van der Waals surface area contributed by atoms with E-state index in [0.717, 1.165) is 28.4 Å². The summed E-state index contributed by atoms with van der Waals surface area (Å²) in [6.45, 7) is 2.64. The molecule has 8 heteroatoms. The van der Waals surface area contributed by atoms with E-state index in [1.54, 1.807) is 37.3 Å². The van der Waals surface area contributed by atoms with Crippen LogP contribution in [0.2, 0.25) is 0 Å². The van der Waals surface area contributed by atoms with E-state index < -0.39 is 6.04 Å². The second-order valence-corrected chi connectivity index (χ2v) is 9.75. The largest absolute Gasteiger partial charge is 0.496 e. The molecule has 0 heterocycles. The summed E-state index contributed by atoms with van der Waals surface area (Å²) in [6.07, 6.45) is 2.21. The molecule has 0 aliphatic rings. The number of hydrogen-bond donors (Lipinski definition) is 1. The highest BCUT2D eigenvalue weighted by molar-refractivity contribution is 9.10. The summed E-state index contributed by atoms with van der Waals surface area (Å²) < 4.78 is 17.4. The lowest BCUT2D eigenvalue weighted by Crippen LogP contribution is -2.51. The minimum absolute atomic E-state index is 0.184. The number of carbonyl (C=O) groups excluding carboxylic acids is 2. The van der Waals surface area contributed by atoms with Gasteiger partial charge in [-0.2, -0.15) is 0 Å². The van der Waals surface area contributed by atoms with E-state index in [9.17, 15) is 9.59 Å². The van der Waals surface area contributed by atoms with Crippen molar-refractivity contribution in [1.29, 1.82) is 0 Å². The van der Waals surface area contributed by atoms with Gasteiger partial charge in [0.15, 0.2) is 6.61 Å². The van der Waals surface area contributed by atoms with E-state index in [-0.39, 0.29) is 25.0 Å². The van der Waals surface area contributed by atoms with Crippen LogP contribution < -0.4 is 19.5 Å². The van der Waals surface area contributed by atoms with Crippen molar-refractivity contribution in [3.63, 3.8) is 0 Å². The van der Waals surface area contributed by atoms with Crippen molar-refractivity contribution >= 4 is 27.7 Å². The maximum Gasteiger partial charge on any atom is 0.261 e. The molecule has 3 aromatic rings. The number of hydrogen-bond acceptors (Lipinski definition) is 5. The first kappa shape index (κ1) is 29.0. The number of nitrogens with zero attached hydrogens (tertiary/aromatic N) is 1. The van der Waals surface area contributed by atoms with Crippen LogP contribution in [0.15, 0.2) is 77.3 Å². The van der Waals surface area contributed by atoms with Gasteiger partial charge in [-0.1, -0.05) is 71.7 Å². The summed E-state index contributed by atoms with van der Waals surface area (Å²) in [5.74, 6) is 1.05. The first-order chi connectivity index (χ1) is 18.4. The number of nitrogens with one attached hydrogen (secondary N) is 1. The van der Waals surface area contributed by atoms with Gasteiger partial charge in [-0.25, -0.2) is 0 Å². The topological polar surface area (TPSA) is 77.1 Å². The molecule has 0 spiro atoms. The average molecular weight is 584 g/mol. The molecule has 1 atom stereocenters. The summed E-state index contributed by atoms with van der Waals surface area (Å²) >= 11 is 3.46. The Hall–Kier alpha value is -3.52. The number of carbonyl (C=O) groups is 2. The highest BCUT2D eigenvalue weighted by atomic mass is 79.9. The second-order valence-electron chi connectivity index (χ2n) is 8.84. The Morgan fingerprint density at radius 1 is 0.895 bits per heavy atom. The molecule has 0 saturated carbocycles. The molecule has 0 radical (unpaired) electrons. The zero-order valence-corrected chi connectivity index (χ0v) is 23.7. The number of unbranched alkanes of at least 4 members (excludes halogenated alkanes) is 1.